The van der Waals surface area contributed by atoms with Crippen molar-refractivity contribution in [3.63, 3.8) is 0 Å². The zero-order valence-electron chi connectivity index (χ0n) is 64.5. The summed E-state index contributed by atoms with van der Waals surface area (Å²) in [6, 6.07) is 55.5. The molecule has 5 aromatic rings. The van der Waals surface area contributed by atoms with Gasteiger partial charge in [-0.15, -0.1) is 0 Å². The number of benzene rings is 5. The molecule has 5 aromatic carbocycles. The van der Waals surface area contributed by atoms with Crippen LogP contribution in [0.2, 0.25) is 27.3 Å². The van der Waals surface area contributed by atoms with Crippen LogP contribution in [0.1, 0.15) is 172 Å². The van der Waals surface area contributed by atoms with Crippen LogP contribution in [0.15, 0.2) is 157 Å². The summed E-state index contributed by atoms with van der Waals surface area (Å²) >= 11 is 0. The lowest BCUT2D eigenvalue weighted by atomic mass is 9.12. The Balaban J connectivity index is 0.000000290. The molecule has 0 saturated carbocycles. The molecule has 0 spiro atoms. The number of piperidine rings is 15. The molecule has 0 aliphatic carbocycles. The maximum absolute atomic E-state index is 3.67. The first-order valence-electron chi connectivity index (χ1n) is 39.6. The zero-order chi connectivity index (χ0) is 69.6. The maximum atomic E-state index is 3.67. The normalized spacial score (nSPS) is 27.5. The number of rotatable bonds is 10. The number of anilines is 3. The van der Waals surface area contributed by atoms with Crippen molar-refractivity contribution < 1.29 is 0 Å². The van der Waals surface area contributed by atoms with Gasteiger partial charge in [0.25, 0.3) is 0 Å². The van der Waals surface area contributed by atoms with Crippen LogP contribution in [-0.2, 0) is 6.42 Å². The fourth-order valence-electron chi connectivity index (χ4n) is 14.6. The molecule has 15 aliphatic heterocycles. The monoisotopic (exact) mass is 1300 g/mol. The molecule has 10 bridgehead atoms. The molecule has 15 saturated heterocycles. The van der Waals surface area contributed by atoms with E-state index in [2.05, 4.69) is 225 Å². The highest BCUT2D eigenvalue weighted by molar-refractivity contribution is 7.20. The quantitative estimate of drug-likeness (QED) is 0.120. The Bertz CT molecular complexity index is 2260. The molecule has 15 heterocycles. The van der Waals surface area contributed by atoms with Crippen LogP contribution in [0.4, 0.5) is 17.1 Å². The number of nitrogens with zero attached hydrogens (tertiary/aromatic N) is 5. The van der Waals surface area contributed by atoms with E-state index >= 15 is 0 Å². The molecule has 15 aliphatic rings. The van der Waals surface area contributed by atoms with Crippen molar-refractivity contribution in [1.82, 2.24) is 24.5 Å². The lowest BCUT2D eigenvalue weighted by Gasteiger charge is -2.45. The Hall–Kier alpha value is -4.83. The minimum Gasteiger partial charge on any atom is -0.381 e. The summed E-state index contributed by atoms with van der Waals surface area (Å²) in [5.41, 5.74) is 8.36. The summed E-state index contributed by atoms with van der Waals surface area (Å²) in [5, 5.41) is 11.0. The molecule has 0 radical (unpaired) electrons. The fraction of sp³-hybridized carbons (Fsp3) is 0.624. The smallest absolute Gasteiger partial charge is 0.102 e. The zero-order valence-corrected chi connectivity index (χ0v) is 64.5. The van der Waals surface area contributed by atoms with Crippen molar-refractivity contribution in [3.05, 3.63) is 168 Å². The molecule has 530 valence electrons. The highest BCUT2D eigenvalue weighted by Crippen LogP contribution is 2.36. The Morgan fingerprint density at radius 2 is 0.600 bits per heavy atom. The van der Waals surface area contributed by atoms with Crippen LogP contribution in [0.5, 0.6) is 0 Å². The van der Waals surface area contributed by atoms with Gasteiger partial charge >= 0.3 is 0 Å². The third-order valence-corrected chi connectivity index (χ3v) is 20.5. The van der Waals surface area contributed by atoms with Crippen LogP contribution in [0, 0.1) is 35.5 Å². The van der Waals surface area contributed by atoms with Gasteiger partial charge in [-0.3, -0.25) is 4.90 Å². The summed E-state index contributed by atoms with van der Waals surface area (Å²) in [6.45, 7) is 58.2. The Morgan fingerprint density at radius 1 is 0.326 bits per heavy atom. The molecule has 4 atom stereocenters. The molecule has 95 heavy (non-hydrogen) atoms. The molecule has 20 rings (SSSR count). The molecule has 0 unspecified atom stereocenters. The van der Waals surface area contributed by atoms with Gasteiger partial charge in [-0.05, 0) is 219 Å². The summed E-state index contributed by atoms with van der Waals surface area (Å²) in [7, 11) is 0. The number of para-hydroxylation sites is 3. The Labute approximate surface area is 588 Å². The highest BCUT2D eigenvalue weighted by Gasteiger charge is 2.37. The van der Waals surface area contributed by atoms with E-state index in [9.17, 15) is 0 Å². The molecule has 8 nitrogen and oxygen atoms in total. The van der Waals surface area contributed by atoms with Crippen LogP contribution < -0.4 is 16.0 Å². The van der Waals surface area contributed by atoms with Gasteiger partial charge in [0.1, 0.15) is 13.2 Å². The third kappa shape index (κ3) is 30.5. The van der Waals surface area contributed by atoms with E-state index < -0.39 is 0 Å². The molecule has 0 amide bonds. The second-order valence-corrected chi connectivity index (χ2v) is 26.5. The van der Waals surface area contributed by atoms with Gasteiger partial charge in [0, 0.05) is 67.9 Å². The average molecular weight is 1300 g/mol. The number of hydrogen-bond acceptors (Lipinski definition) is 8. The van der Waals surface area contributed by atoms with Crippen molar-refractivity contribution in [2.45, 2.75) is 213 Å². The van der Waals surface area contributed by atoms with Crippen LogP contribution in [0.25, 0.3) is 6.08 Å². The van der Waals surface area contributed by atoms with Gasteiger partial charge in [0.05, 0.1) is 0 Å². The van der Waals surface area contributed by atoms with E-state index in [0.717, 1.165) is 48.7 Å². The molecule has 0 aromatic heterocycles. The largest absolute Gasteiger partial charge is 0.381 e. The third-order valence-electron chi connectivity index (χ3n) is 20.5. The summed E-state index contributed by atoms with van der Waals surface area (Å²) in [4.78, 5) is 13.0. The van der Waals surface area contributed by atoms with Gasteiger partial charge in [-0.2, -0.15) is 0 Å². The van der Waals surface area contributed by atoms with Crippen molar-refractivity contribution in [2.24, 2.45) is 35.5 Å². The van der Waals surface area contributed by atoms with Gasteiger partial charge in [0.15, 0.2) is 0 Å². The van der Waals surface area contributed by atoms with Crippen molar-refractivity contribution in [3.8, 4) is 0 Å². The Morgan fingerprint density at radius 3 is 0.853 bits per heavy atom. The predicted molar refractivity (Wildman–Crippen MR) is 430 cm³/mol. The number of nitrogens with one attached hydrogen (secondary N) is 3. The molecule has 3 N–H and O–H groups in total. The van der Waals surface area contributed by atoms with E-state index in [-0.39, 0.29) is 0 Å². The lowest BCUT2D eigenvalue weighted by Crippen LogP contribution is -2.53. The van der Waals surface area contributed by atoms with E-state index in [1.807, 2.05) is 96.9 Å². The van der Waals surface area contributed by atoms with Crippen molar-refractivity contribution in [2.75, 3.05) is 114 Å². The van der Waals surface area contributed by atoms with Gasteiger partial charge < -0.3 is 35.6 Å². The molecular weight excluding hydrogens is 1150 g/mol. The molecule has 10 heteroatoms. The van der Waals surface area contributed by atoms with Crippen LogP contribution in [0.3, 0.4) is 0 Å². The first-order chi connectivity index (χ1) is 46.7. The van der Waals surface area contributed by atoms with Gasteiger partial charge in [0.2, 0.25) is 0 Å². The van der Waals surface area contributed by atoms with Gasteiger partial charge in [-0.1, -0.05) is 251 Å². The van der Waals surface area contributed by atoms with E-state index in [4.69, 9.17) is 0 Å². The number of fused-ring (bicyclic) bond motifs is 15. The Kier molecular flexibility index (Phi) is 45.6. The minimum atomic E-state index is 0.676. The lowest BCUT2D eigenvalue weighted by molar-refractivity contribution is 0.0512. The summed E-state index contributed by atoms with van der Waals surface area (Å²) in [6.07, 6.45) is 17.6. The highest BCUT2D eigenvalue weighted by atomic mass is 15.2. The first kappa shape index (κ1) is 84.4. The minimum absolute atomic E-state index is 0.676. The van der Waals surface area contributed by atoms with E-state index in [0.29, 0.717) is 18.1 Å². The van der Waals surface area contributed by atoms with Gasteiger partial charge in [-0.25, -0.2) is 0 Å². The molecular formula is C85H144B2N8. The standard InChI is InChI=1S/C14H19N.C14H17N.3C13H18N2.C4H12B2.7C2H6/c2*1-2-4-12(5-3-1)10-14-11-15-8-6-13(14)7-9-15;3*1-2-4-12(5-3-1)14-13-10-15-8-6-11(13)7-9-15;1-5(2)6(3)4;7*1-2/h1-5,13-14H,6-11H2;1-5,10,13H,6-9,11H2;3*1-5,11,13-14H,6-10H2;1-4H3;7*1-2H3/b;14-10+;;;;;;;;;;;/t14-;;3*13-;;;;;;;;/m0.000......../s1. The van der Waals surface area contributed by atoms with Crippen molar-refractivity contribution >= 4 is 36.3 Å². The summed E-state index contributed by atoms with van der Waals surface area (Å²) < 4.78 is 0. The predicted octanol–water partition coefficient (Wildman–Crippen LogP) is 20.7. The first-order valence-corrected chi connectivity index (χ1v) is 39.6. The average Bonchev–Trinajstić information content (AvgIpc) is 1.15. The van der Waals surface area contributed by atoms with Crippen LogP contribution >= 0.6 is 0 Å². The SMILES string of the molecule is C(=C1/CN2CCC1CC2)/c1ccccc1.CB(C)B(C)C.CC.CC.CC.CC.CC.CC.CC.c1ccc(C[C@H]2CN3CCC2CC3)cc1.c1ccc(N[C@H]2CN3CCC2CC3)cc1.c1ccc(N[C@H]2CN3CCC2CC3)cc1.c1ccc(N[C@H]2CN3CCC2CC3)cc1. The van der Waals surface area contributed by atoms with E-state index in [1.165, 1.54) is 197 Å². The fourth-order valence-corrected chi connectivity index (χ4v) is 14.6. The van der Waals surface area contributed by atoms with Crippen molar-refractivity contribution in [1.29, 1.82) is 0 Å². The van der Waals surface area contributed by atoms with Crippen LogP contribution in [-0.4, -0.2) is 154 Å². The maximum Gasteiger partial charge on any atom is 0.102 e. The summed E-state index contributed by atoms with van der Waals surface area (Å²) in [5.74, 6) is 5.50. The molecule has 15 fully saturated rings. The number of hydrogen-bond donors (Lipinski definition) is 3. The second kappa shape index (κ2) is 51.4. The second-order valence-electron chi connectivity index (χ2n) is 26.5. The topological polar surface area (TPSA) is 52.3 Å². The van der Waals surface area contributed by atoms with E-state index in [1.54, 1.807) is 5.57 Å².